The normalized spacial score (nSPS) is 26.6. The van der Waals surface area contributed by atoms with Crippen molar-refractivity contribution >= 4 is 38.9 Å². The number of rotatable bonds is 3. The summed E-state index contributed by atoms with van der Waals surface area (Å²) < 4.78 is 28.2. The number of hydrogen-bond donors (Lipinski definition) is 1. The van der Waals surface area contributed by atoms with Crippen LogP contribution in [-0.2, 0) is 10.0 Å². The van der Waals surface area contributed by atoms with Gasteiger partial charge in [-0.25, -0.2) is 8.42 Å². The Morgan fingerprint density at radius 2 is 1.61 bits per heavy atom. The number of halogens is 2. The van der Waals surface area contributed by atoms with E-state index in [0.29, 0.717) is 39.9 Å². The number of hydrogen-bond acceptors (Lipinski definition) is 3. The maximum Gasteiger partial charge on any atom is 0.243 e. The summed E-state index contributed by atoms with van der Waals surface area (Å²) in [5.41, 5.74) is 3.09. The van der Waals surface area contributed by atoms with Gasteiger partial charge in [0, 0.05) is 34.4 Å². The average Bonchev–Trinajstić information content (AvgIpc) is 2.79. The topological polar surface area (TPSA) is 49.4 Å². The molecule has 2 heterocycles. The molecule has 2 fully saturated rings. The number of nitrogens with one attached hydrogen (secondary N) is 1. The Bertz CT molecular complexity index is 1060. The lowest BCUT2D eigenvalue weighted by atomic mass is 9.68. The van der Waals surface area contributed by atoms with Crippen molar-refractivity contribution < 1.29 is 8.42 Å². The number of anilines is 1. The zero-order chi connectivity index (χ0) is 21.6. The molecule has 1 saturated carbocycles. The Labute approximate surface area is 195 Å². The molecule has 4 nitrogen and oxygen atoms in total. The van der Waals surface area contributed by atoms with Gasteiger partial charge in [-0.3, -0.25) is 0 Å². The maximum absolute atomic E-state index is 13.3. The molecule has 3 unspecified atom stereocenters. The fourth-order valence-electron chi connectivity index (χ4n) is 5.71. The van der Waals surface area contributed by atoms with E-state index in [1.807, 2.05) is 30.3 Å². The highest BCUT2D eigenvalue weighted by Crippen LogP contribution is 2.53. The summed E-state index contributed by atoms with van der Waals surface area (Å²) in [6.45, 7) is 1.24. The number of benzene rings is 2. The summed E-state index contributed by atoms with van der Waals surface area (Å²) in [5, 5.41) is 5.04. The molecule has 1 N–H and O–H groups in total. The van der Waals surface area contributed by atoms with E-state index in [1.165, 1.54) is 6.42 Å². The Hall–Kier alpha value is -1.27. The van der Waals surface area contributed by atoms with Gasteiger partial charge in [-0.1, -0.05) is 48.5 Å². The van der Waals surface area contributed by atoms with E-state index in [4.69, 9.17) is 23.2 Å². The van der Waals surface area contributed by atoms with Crippen molar-refractivity contribution in [1.29, 1.82) is 0 Å². The zero-order valence-corrected chi connectivity index (χ0v) is 19.8. The molecule has 2 aromatic rings. The molecule has 3 atom stereocenters. The van der Waals surface area contributed by atoms with Crippen LogP contribution in [0.25, 0.3) is 0 Å². The molecule has 2 aromatic carbocycles. The lowest BCUT2D eigenvalue weighted by Gasteiger charge is -2.44. The van der Waals surface area contributed by atoms with Crippen LogP contribution < -0.4 is 5.32 Å². The van der Waals surface area contributed by atoms with Crippen molar-refractivity contribution in [3.63, 3.8) is 0 Å². The summed E-state index contributed by atoms with van der Waals surface area (Å²) >= 11 is 13.2. The summed E-state index contributed by atoms with van der Waals surface area (Å²) in [4.78, 5) is 0.425. The third-order valence-corrected chi connectivity index (χ3v) is 9.80. The predicted octanol–water partition coefficient (Wildman–Crippen LogP) is 6.61. The standard InChI is InChI=1S/C24H28Cl2N2O2S/c25-20-9-6-10-21(26)23(20)24-18-8-3-2-7-17(18)19-15-16(11-12-22(19)27-24)31(29,30)28-13-4-1-5-14-28/h6,9-12,15,17-18,24,27H,1-5,7-8,13-14H2. The fourth-order valence-corrected chi connectivity index (χ4v) is 7.89. The third-order valence-electron chi connectivity index (χ3n) is 7.24. The van der Waals surface area contributed by atoms with Gasteiger partial charge >= 0.3 is 0 Å². The first-order valence-corrected chi connectivity index (χ1v) is 13.5. The van der Waals surface area contributed by atoms with Crippen LogP contribution >= 0.6 is 23.2 Å². The number of sulfonamides is 1. The van der Waals surface area contributed by atoms with E-state index in [0.717, 1.165) is 55.3 Å². The smallest absolute Gasteiger partial charge is 0.243 e. The molecule has 1 saturated heterocycles. The summed E-state index contributed by atoms with van der Waals surface area (Å²) in [6, 6.07) is 11.3. The molecule has 0 amide bonds. The summed E-state index contributed by atoms with van der Waals surface area (Å²) in [5.74, 6) is 0.644. The highest BCUT2D eigenvalue weighted by molar-refractivity contribution is 7.89. The van der Waals surface area contributed by atoms with Crippen molar-refractivity contribution in [1.82, 2.24) is 4.31 Å². The molecule has 5 rings (SSSR count). The van der Waals surface area contributed by atoms with Crippen LogP contribution in [0.3, 0.4) is 0 Å². The zero-order valence-electron chi connectivity index (χ0n) is 17.5. The summed E-state index contributed by atoms with van der Waals surface area (Å²) in [7, 11) is -3.45. The molecular weight excluding hydrogens is 451 g/mol. The largest absolute Gasteiger partial charge is 0.378 e. The SMILES string of the molecule is O=S(=O)(c1ccc2c(c1)C1CCCCC1C(c1c(Cl)cccc1Cl)N2)N1CCCCC1. The number of piperidine rings is 1. The molecule has 2 aliphatic heterocycles. The Balaban J connectivity index is 1.55. The van der Waals surface area contributed by atoms with Crippen molar-refractivity contribution in [2.75, 3.05) is 18.4 Å². The van der Waals surface area contributed by atoms with E-state index in [2.05, 4.69) is 5.32 Å². The molecule has 0 bridgehead atoms. The highest BCUT2D eigenvalue weighted by Gasteiger charge is 2.41. The van der Waals surface area contributed by atoms with Crippen LogP contribution in [0, 0.1) is 5.92 Å². The Morgan fingerprint density at radius 3 is 2.35 bits per heavy atom. The highest BCUT2D eigenvalue weighted by atomic mass is 35.5. The van der Waals surface area contributed by atoms with Gasteiger partial charge in [0.1, 0.15) is 0 Å². The quantitative estimate of drug-likeness (QED) is 0.539. The van der Waals surface area contributed by atoms with E-state index < -0.39 is 10.0 Å². The van der Waals surface area contributed by atoms with E-state index in [9.17, 15) is 8.42 Å². The van der Waals surface area contributed by atoms with E-state index in [-0.39, 0.29) is 6.04 Å². The first-order valence-electron chi connectivity index (χ1n) is 11.3. The van der Waals surface area contributed by atoms with Crippen molar-refractivity contribution in [2.45, 2.75) is 61.8 Å². The molecular formula is C24H28Cl2N2O2S. The number of fused-ring (bicyclic) bond motifs is 3. The van der Waals surface area contributed by atoms with Crippen LogP contribution in [0.4, 0.5) is 5.69 Å². The third kappa shape index (κ3) is 3.88. The van der Waals surface area contributed by atoms with Crippen LogP contribution in [0.2, 0.25) is 10.0 Å². The Kier molecular flexibility index (Phi) is 5.97. The van der Waals surface area contributed by atoms with Crippen LogP contribution in [-0.4, -0.2) is 25.8 Å². The lowest BCUT2D eigenvalue weighted by molar-refractivity contribution is 0.265. The first-order chi connectivity index (χ1) is 15.0. The molecule has 1 aliphatic carbocycles. The molecule has 31 heavy (non-hydrogen) atoms. The second kappa shape index (κ2) is 8.58. The van der Waals surface area contributed by atoms with Crippen LogP contribution in [0.5, 0.6) is 0 Å². The molecule has 0 radical (unpaired) electrons. The van der Waals surface area contributed by atoms with Gasteiger partial charge in [-0.2, -0.15) is 4.31 Å². The van der Waals surface area contributed by atoms with Crippen molar-refractivity contribution in [2.24, 2.45) is 5.92 Å². The van der Waals surface area contributed by atoms with Crippen molar-refractivity contribution in [3.8, 4) is 0 Å². The molecule has 7 heteroatoms. The van der Waals surface area contributed by atoms with E-state index >= 15 is 0 Å². The van der Waals surface area contributed by atoms with Gasteiger partial charge in [0.05, 0.1) is 10.9 Å². The predicted molar refractivity (Wildman–Crippen MR) is 127 cm³/mol. The summed E-state index contributed by atoms with van der Waals surface area (Å²) in [6.07, 6.45) is 7.45. The first kappa shape index (κ1) is 21.6. The maximum atomic E-state index is 13.3. The molecule has 3 aliphatic rings. The molecule has 166 valence electrons. The fraction of sp³-hybridized carbons (Fsp3) is 0.500. The van der Waals surface area contributed by atoms with Gasteiger partial charge in [-0.05, 0) is 73.4 Å². The minimum absolute atomic E-state index is 0.0311. The second-order valence-electron chi connectivity index (χ2n) is 9.03. The second-order valence-corrected chi connectivity index (χ2v) is 11.8. The number of nitrogens with zero attached hydrogens (tertiary/aromatic N) is 1. The van der Waals surface area contributed by atoms with Gasteiger partial charge in [0.25, 0.3) is 0 Å². The van der Waals surface area contributed by atoms with Gasteiger partial charge in [-0.15, -0.1) is 0 Å². The van der Waals surface area contributed by atoms with Gasteiger partial charge < -0.3 is 5.32 Å². The van der Waals surface area contributed by atoms with Crippen molar-refractivity contribution in [3.05, 3.63) is 57.6 Å². The van der Waals surface area contributed by atoms with Gasteiger partial charge in [0.15, 0.2) is 0 Å². The minimum Gasteiger partial charge on any atom is -0.378 e. The van der Waals surface area contributed by atoms with Crippen LogP contribution in [0.15, 0.2) is 41.3 Å². The monoisotopic (exact) mass is 478 g/mol. The van der Waals surface area contributed by atoms with Gasteiger partial charge in [0.2, 0.25) is 10.0 Å². The van der Waals surface area contributed by atoms with E-state index in [1.54, 1.807) is 10.4 Å². The molecule has 0 aromatic heterocycles. The minimum atomic E-state index is -3.45. The lowest BCUT2D eigenvalue weighted by Crippen LogP contribution is -2.36. The molecule has 0 spiro atoms. The van der Waals surface area contributed by atoms with Crippen LogP contribution in [0.1, 0.15) is 68.0 Å². The Morgan fingerprint density at radius 1 is 0.903 bits per heavy atom. The average molecular weight is 479 g/mol.